The molecule has 1 aromatic carbocycles. The van der Waals surface area contributed by atoms with Crippen LogP contribution in [0.5, 0.6) is 0 Å². The van der Waals surface area contributed by atoms with Gasteiger partial charge < -0.3 is 20.1 Å². The molecule has 0 radical (unpaired) electrons. The molecule has 0 unspecified atom stereocenters. The van der Waals surface area contributed by atoms with Crippen molar-refractivity contribution in [3.8, 4) is 0 Å². The van der Waals surface area contributed by atoms with Crippen molar-refractivity contribution < 1.29 is 14.3 Å². The average molecular weight is 278 g/mol. The van der Waals surface area contributed by atoms with Gasteiger partial charge >= 0.3 is 0 Å². The van der Waals surface area contributed by atoms with Crippen LogP contribution in [0.4, 0.5) is 0 Å². The summed E-state index contributed by atoms with van der Waals surface area (Å²) in [6.07, 6.45) is 0. The van der Waals surface area contributed by atoms with Crippen LogP contribution in [0, 0.1) is 0 Å². The zero-order valence-electron chi connectivity index (χ0n) is 12.1. The molecule has 110 valence electrons. The number of hydrogen-bond acceptors (Lipinski definition) is 4. The van der Waals surface area contributed by atoms with Crippen LogP contribution >= 0.6 is 0 Å². The Kier molecular flexibility index (Phi) is 5.11. The fourth-order valence-electron chi connectivity index (χ4n) is 2.09. The first-order valence-corrected chi connectivity index (χ1v) is 6.80. The number of nitrogens with one attached hydrogen (secondary N) is 2. The smallest absolute Gasteiger partial charge is 0.246 e. The molecule has 0 aliphatic carbocycles. The highest BCUT2D eigenvalue weighted by Gasteiger charge is 2.32. The zero-order chi connectivity index (χ0) is 14.4. The molecule has 1 aromatic rings. The number of benzene rings is 1. The molecular weight excluding hydrogens is 256 g/mol. The van der Waals surface area contributed by atoms with E-state index in [2.05, 4.69) is 10.6 Å². The van der Waals surface area contributed by atoms with E-state index in [0.29, 0.717) is 13.2 Å². The third-order valence-corrected chi connectivity index (χ3v) is 3.44. The molecule has 1 fully saturated rings. The second kappa shape index (κ2) is 6.83. The molecule has 20 heavy (non-hydrogen) atoms. The number of ether oxygens (including phenoxy) is 2. The molecular formula is C15H22N2O3. The quantitative estimate of drug-likeness (QED) is 0.775. The summed E-state index contributed by atoms with van der Waals surface area (Å²) < 4.78 is 10.7. The monoisotopic (exact) mass is 278 g/mol. The predicted octanol–water partition coefficient (Wildman–Crippen LogP) is 0.828. The topological polar surface area (TPSA) is 59.6 Å². The summed E-state index contributed by atoms with van der Waals surface area (Å²) in [6.45, 7) is 4.76. The summed E-state index contributed by atoms with van der Waals surface area (Å²) in [5.74, 6) is -0.0923. The highest BCUT2D eigenvalue weighted by molar-refractivity contribution is 5.77. The van der Waals surface area contributed by atoms with Crippen LogP contribution in [0.25, 0.3) is 0 Å². The molecule has 0 atom stereocenters. The molecule has 2 N–H and O–H groups in total. The molecule has 0 aromatic heterocycles. The van der Waals surface area contributed by atoms with E-state index >= 15 is 0 Å². The van der Waals surface area contributed by atoms with Gasteiger partial charge in [-0.25, -0.2) is 0 Å². The maximum atomic E-state index is 11.8. The van der Waals surface area contributed by atoms with Gasteiger partial charge in [-0.3, -0.25) is 4.79 Å². The lowest BCUT2D eigenvalue weighted by atomic mass is 10.0. The average Bonchev–Trinajstić information content (AvgIpc) is 2.42. The maximum Gasteiger partial charge on any atom is 0.246 e. The Morgan fingerprint density at radius 1 is 1.35 bits per heavy atom. The van der Waals surface area contributed by atoms with Crippen LogP contribution in [0.3, 0.4) is 0 Å². The van der Waals surface area contributed by atoms with Crippen LogP contribution < -0.4 is 10.6 Å². The van der Waals surface area contributed by atoms with Gasteiger partial charge in [0.1, 0.15) is 6.61 Å². The summed E-state index contributed by atoms with van der Waals surface area (Å²) in [7, 11) is 1.66. The van der Waals surface area contributed by atoms with Crippen LogP contribution in [-0.2, 0) is 27.4 Å². The summed E-state index contributed by atoms with van der Waals surface area (Å²) >= 11 is 0. The first kappa shape index (κ1) is 15.0. The highest BCUT2D eigenvalue weighted by Crippen LogP contribution is 2.14. The van der Waals surface area contributed by atoms with Crippen LogP contribution in [-0.4, -0.2) is 38.3 Å². The van der Waals surface area contributed by atoms with Gasteiger partial charge in [0.15, 0.2) is 0 Å². The number of methoxy groups -OCH3 is 1. The lowest BCUT2D eigenvalue weighted by molar-refractivity contribution is -0.136. The lowest BCUT2D eigenvalue weighted by Gasteiger charge is -2.38. The molecule has 1 aliphatic rings. The fraction of sp³-hybridized carbons (Fsp3) is 0.533. The van der Waals surface area contributed by atoms with E-state index in [-0.39, 0.29) is 18.1 Å². The molecule has 0 spiro atoms. The molecule has 1 saturated heterocycles. The molecule has 1 aliphatic heterocycles. The number of rotatable bonds is 7. The summed E-state index contributed by atoms with van der Waals surface area (Å²) in [6, 6.07) is 7.92. The minimum atomic E-state index is -0.189. The summed E-state index contributed by atoms with van der Waals surface area (Å²) in [5.41, 5.74) is 1.97. The van der Waals surface area contributed by atoms with Gasteiger partial charge in [-0.05, 0) is 18.1 Å². The normalized spacial score (nSPS) is 16.5. The van der Waals surface area contributed by atoms with Crippen LogP contribution in [0.15, 0.2) is 24.3 Å². The van der Waals surface area contributed by atoms with Crippen molar-refractivity contribution in [2.75, 3.05) is 26.8 Å². The van der Waals surface area contributed by atoms with E-state index in [4.69, 9.17) is 9.47 Å². The fourth-order valence-corrected chi connectivity index (χ4v) is 2.09. The third-order valence-electron chi connectivity index (χ3n) is 3.44. The Balaban J connectivity index is 1.78. The first-order valence-electron chi connectivity index (χ1n) is 6.80. The Bertz CT molecular complexity index is 458. The van der Waals surface area contributed by atoms with Crippen molar-refractivity contribution in [1.82, 2.24) is 10.6 Å². The van der Waals surface area contributed by atoms with Crippen molar-refractivity contribution in [1.29, 1.82) is 0 Å². The Morgan fingerprint density at radius 2 is 2.05 bits per heavy atom. The van der Waals surface area contributed by atoms with Crippen molar-refractivity contribution in [3.63, 3.8) is 0 Å². The van der Waals surface area contributed by atoms with Crippen LogP contribution in [0.2, 0.25) is 0 Å². The molecule has 5 heteroatoms. The van der Waals surface area contributed by atoms with Gasteiger partial charge in [0.05, 0.1) is 12.2 Å². The van der Waals surface area contributed by atoms with Crippen molar-refractivity contribution in [2.24, 2.45) is 0 Å². The number of carbonyl (C=O) groups excluding carboxylic acids is 1. The second-order valence-electron chi connectivity index (χ2n) is 5.32. The predicted molar refractivity (Wildman–Crippen MR) is 76.2 cm³/mol. The van der Waals surface area contributed by atoms with Gasteiger partial charge in [0.2, 0.25) is 5.91 Å². The lowest BCUT2D eigenvalue weighted by Crippen LogP contribution is -2.59. The maximum absolute atomic E-state index is 11.8. The van der Waals surface area contributed by atoms with Gasteiger partial charge in [-0.2, -0.15) is 0 Å². The Labute approximate surface area is 119 Å². The Hall–Kier alpha value is -1.43. The van der Waals surface area contributed by atoms with E-state index in [1.54, 1.807) is 7.11 Å². The summed E-state index contributed by atoms with van der Waals surface area (Å²) in [5, 5.41) is 6.01. The molecule has 2 rings (SSSR count). The number of amides is 1. The van der Waals surface area contributed by atoms with Gasteiger partial charge in [-0.1, -0.05) is 24.3 Å². The van der Waals surface area contributed by atoms with E-state index in [1.807, 2.05) is 31.2 Å². The molecule has 0 bridgehead atoms. The van der Waals surface area contributed by atoms with Crippen molar-refractivity contribution in [3.05, 3.63) is 35.4 Å². The third kappa shape index (κ3) is 4.03. The van der Waals surface area contributed by atoms with E-state index < -0.39 is 0 Å². The summed E-state index contributed by atoms with van der Waals surface area (Å²) in [4.78, 5) is 11.8. The standard InChI is InChI=1S/C15H22N2O3/c1-15(10-16-11-15)20-9-14(18)17-7-12-5-3-4-6-13(12)8-19-2/h3-6,16H,7-11H2,1-2H3,(H,17,18). The van der Waals surface area contributed by atoms with Crippen molar-refractivity contribution in [2.45, 2.75) is 25.7 Å². The minimum Gasteiger partial charge on any atom is -0.380 e. The first-order chi connectivity index (χ1) is 9.63. The van der Waals surface area contributed by atoms with Crippen LogP contribution in [0.1, 0.15) is 18.1 Å². The van der Waals surface area contributed by atoms with Gasteiger partial charge in [0, 0.05) is 26.7 Å². The molecule has 5 nitrogen and oxygen atoms in total. The van der Waals surface area contributed by atoms with E-state index in [9.17, 15) is 4.79 Å². The second-order valence-corrected chi connectivity index (χ2v) is 5.32. The van der Waals surface area contributed by atoms with E-state index in [1.165, 1.54) is 0 Å². The van der Waals surface area contributed by atoms with Gasteiger partial charge in [0.25, 0.3) is 0 Å². The Morgan fingerprint density at radius 3 is 2.65 bits per heavy atom. The molecule has 1 amide bonds. The molecule has 1 heterocycles. The highest BCUT2D eigenvalue weighted by atomic mass is 16.5. The zero-order valence-corrected chi connectivity index (χ0v) is 12.1. The minimum absolute atomic E-state index is 0.0923. The number of carbonyl (C=O) groups is 1. The van der Waals surface area contributed by atoms with Gasteiger partial charge in [-0.15, -0.1) is 0 Å². The number of hydrogen-bond donors (Lipinski definition) is 2. The van der Waals surface area contributed by atoms with E-state index in [0.717, 1.165) is 24.2 Å². The van der Waals surface area contributed by atoms with Crippen molar-refractivity contribution >= 4 is 5.91 Å². The molecule has 0 saturated carbocycles. The largest absolute Gasteiger partial charge is 0.380 e. The SMILES string of the molecule is COCc1ccccc1CNC(=O)COC1(C)CNC1.